The van der Waals surface area contributed by atoms with Crippen molar-refractivity contribution in [3.8, 4) is 0 Å². The molecule has 118 valence electrons. The first-order chi connectivity index (χ1) is 9.84. The Bertz CT molecular complexity index is 485. The maximum Gasteiger partial charge on any atom is 0.418 e. The van der Waals surface area contributed by atoms with Crippen molar-refractivity contribution in [2.45, 2.75) is 45.3 Å². The number of nitrogens with two attached hydrogens (primary N) is 1. The van der Waals surface area contributed by atoms with Gasteiger partial charge in [0.15, 0.2) is 0 Å². The summed E-state index contributed by atoms with van der Waals surface area (Å²) >= 11 is 0. The van der Waals surface area contributed by atoms with Crippen molar-refractivity contribution in [3.05, 3.63) is 29.3 Å². The van der Waals surface area contributed by atoms with Crippen molar-refractivity contribution in [1.82, 2.24) is 0 Å². The van der Waals surface area contributed by atoms with Gasteiger partial charge in [-0.15, -0.1) is 0 Å². The van der Waals surface area contributed by atoms with Crippen LogP contribution in [0, 0.1) is 5.92 Å². The average molecular weight is 300 g/mol. The summed E-state index contributed by atoms with van der Waals surface area (Å²) in [6.45, 7) is 5.16. The molecule has 0 radical (unpaired) electrons. The fraction of sp³-hybridized carbons (Fsp3) is 0.625. The van der Waals surface area contributed by atoms with Crippen molar-refractivity contribution < 1.29 is 13.2 Å². The van der Waals surface area contributed by atoms with Crippen LogP contribution in [0.1, 0.15) is 37.8 Å². The van der Waals surface area contributed by atoms with E-state index in [-0.39, 0.29) is 6.04 Å². The summed E-state index contributed by atoms with van der Waals surface area (Å²) < 4.78 is 40.2. The molecule has 0 aliphatic carbocycles. The zero-order chi connectivity index (χ0) is 15.6. The zero-order valence-corrected chi connectivity index (χ0v) is 12.6. The normalized spacial score (nSPS) is 23.4. The largest absolute Gasteiger partial charge is 0.418 e. The predicted molar refractivity (Wildman–Crippen MR) is 79.4 cm³/mol. The van der Waals surface area contributed by atoms with Crippen molar-refractivity contribution >= 4 is 5.69 Å². The van der Waals surface area contributed by atoms with Gasteiger partial charge >= 0.3 is 6.18 Å². The van der Waals surface area contributed by atoms with Crippen molar-refractivity contribution in [2.24, 2.45) is 11.7 Å². The van der Waals surface area contributed by atoms with Gasteiger partial charge in [0, 0.05) is 18.3 Å². The molecule has 21 heavy (non-hydrogen) atoms. The lowest BCUT2D eigenvalue weighted by atomic mass is 9.90. The smallest absolute Gasteiger partial charge is 0.368 e. The number of anilines is 1. The highest BCUT2D eigenvalue weighted by Gasteiger charge is 2.37. The Hall–Kier alpha value is -1.23. The van der Waals surface area contributed by atoms with Crippen molar-refractivity contribution in [1.29, 1.82) is 0 Å². The maximum atomic E-state index is 13.4. The van der Waals surface area contributed by atoms with Gasteiger partial charge in [-0.05, 0) is 56.3 Å². The summed E-state index contributed by atoms with van der Waals surface area (Å²) in [6, 6.07) is 4.76. The van der Waals surface area contributed by atoms with Crippen LogP contribution in [-0.4, -0.2) is 19.1 Å². The van der Waals surface area contributed by atoms with Gasteiger partial charge in [-0.2, -0.15) is 13.2 Å². The van der Waals surface area contributed by atoms with Gasteiger partial charge in [0.25, 0.3) is 0 Å². The van der Waals surface area contributed by atoms with E-state index >= 15 is 0 Å². The van der Waals surface area contributed by atoms with Crippen LogP contribution in [0.3, 0.4) is 0 Å². The first-order valence-electron chi connectivity index (χ1n) is 7.51. The molecule has 1 aromatic carbocycles. The Labute approximate surface area is 124 Å². The monoisotopic (exact) mass is 300 g/mol. The number of alkyl halides is 3. The highest BCUT2D eigenvalue weighted by atomic mass is 19.4. The molecule has 5 heteroatoms. The summed E-state index contributed by atoms with van der Waals surface area (Å²) in [5.41, 5.74) is 5.87. The fourth-order valence-electron chi connectivity index (χ4n) is 3.06. The molecule has 0 spiro atoms. The zero-order valence-electron chi connectivity index (χ0n) is 12.6. The Balaban J connectivity index is 2.42. The molecule has 1 aliphatic rings. The van der Waals surface area contributed by atoms with Crippen LogP contribution in [0.4, 0.5) is 18.9 Å². The third-order valence-electron chi connectivity index (χ3n) is 4.48. The van der Waals surface area contributed by atoms with Crippen LogP contribution < -0.4 is 10.6 Å². The van der Waals surface area contributed by atoms with Crippen LogP contribution in [-0.2, 0) is 12.6 Å². The van der Waals surface area contributed by atoms with Gasteiger partial charge in [-0.25, -0.2) is 0 Å². The molecule has 0 aromatic heterocycles. The molecule has 2 unspecified atom stereocenters. The first kappa shape index (κ1) is 16.1. The van der Waals surface area contributed by atoms with Gasteiger partial charge in [0.1, 0.15) is 0 Å². The van der Waals surface area contributed by atoms with Crippen LogP contribution in [0.2, 0.25) is 0 Å². The number of benzene rings is 1. The number of piperidine rings is 1. The molecule has 2 atom stereocenters. The minimum atomic E-state index is -4.33. The summed E-state index contributed by atoms with van der Waals surface area (Å²) in [5, 5.41) is 0. The third-order valence-corrected chi connectivity index (χ3v) is 4.48. The van der Waals surface area contributed by atoms with E-state index in [9.17, 15) is 13.2 Å². The first-order valence-corrected chi connectivity index (χ1v) is 7.51. The Morgan fingerprint density at radius 1 is 1.29 bits per heavy atom. The molecule has 1 aliphatic heterocycles. The molecule has 1 saturated heterocycles. The standard InChI is InChI=1S/C16H23F3N2/c1-11-4-3-9-21(12(11)2)15-6-5-13(7-8-20)10-14(15)16(17,18)19/h5-6,10-12H,3-4,7-9,20H2,1-2H3. The van der Waals surface area contributed by atoms with Gasteiger partial charge in [-0.3, -0.25) is 0 Å². The number of halogens is 3. The average Bonchev–Trinajstić information content (AvgIpc) is 2.41. The second kappa shape index (κ2) is 6.26. The summed E-state index contributed by atoms with van der Waals surface area (Å²) in [7, 11) is 0. The van der Waals surface area contributed by atoms with Gasteiger partial charge in [0.2, 0.25) is 0 Å². The molecule has 1 heterocycles. The molecular formula is C16H23F3N2. The quantitative estimate of drug-likeness (QED) is 0.919. The highest BCUT2D eigenvalue weighted by molar-refractivity contribution is 5.57. The molecular weight excluding hydrogens is 277 g/mol. The van der Waals surface area contributed by atoms with Crippen LogP contribution >= 0.6 is 0 Å². The van der Waals surface area contributed by atoms with Crippen molar-refractivity contribution in [2.75, 3.05) is 18.0 Å². The maximum absolute atomic E-state index is 13.4. The van der Waals surface area contributed by atoms with E-state index in [1.54, 1.807) is 12.1 Å². The minimum Gasteiger partial charge on any atom is -0.368 e. The highest BCUT2D eigenvalue weighted by Crippen LogP contribution is 2.40. The Morgan fingerprint density at radius 2 is 2.00 bits per heavy atom. The van der Waals surface area contributed by atoms with Gasteiger partial charge < -0.3 is 10.6 Å². The lowest BCUT2D eigenvalue weighted by molar-refractivity contribution is -0.137. The van der Waals surface area contributed by atoms with E-state index in [0.717, 1.165) is 12.8 Å². The minimum absolute atomic E-state index is 0.125. The summed E-state index contributed by atoms with van der Waals surface area (Å²) in [4.78, 5) is 1.91. The molecule has 0 bridgehead atoms. The van der Waals surface area contributed by atoms with Crippen molar-refractivity contribution in [3.63, 3.8) is 0 Å². The molecule has 2 nitrogen and oxygen atoms in total. The van der Waals surface area contributed by atoms with Gasteiger partial charge in [-0.1, -0.05) is 13.0 Å². The molecule has 1 fully saturated rings. The second-order valence-electron chi connectivity index (χ2n) is 5.94. The van der Waals surface area contributed by atoms with E-state index in [1.807, 2.05) is 11.8 Å². The molecule has 2 rings (SSSR count). The molecule has 1 aromatic rings. The van der Waals surface area contributed by atoms with Crippen LogP contribution in [0.5, 0.6) is 0 Å². The van der Waals surface area contributed by atoms with E-state index in [1.165, 1.54) is 6.07 Å². The topological polar surface area (TPSA) is 29.3 Å². The summed E-state index contributed by atoms with van der Waals surface area (Å²) in [5.74, 6) is 0.406. The van der Waals surface area contributed by atoms with E-state index in [4.69, 9.17) is 5.73 Å². The Morgan fingerprint density at radius 3 is 2.62 bits per heavy atom. The lowest BCUT2D eigenvalue weighted by Gasteiger charge is -2.40. The number of hydrogen-bond donors (Lipinski definition) is 1. The second-order valence-corrected chi connectivity index (χ2v) is 5.94. The van der Waals surface area contributed by atoms with Gasteiger partial charge in [0.05, 0.1) is 5.56 Å². The van der Waals surface area contributed by atoms with Crippen LogP contribution in [0.15, 0.2) is 18.2 Å². The van der Waals surface area contributed by atoms with Crippen LogP contribution in [0.25, 0.3) is 0 Å². The van der Waals surface area contributed by atoms with E-state index < -0.39 is 11.7 Å². The molecule has 0 saturated carbocycles. The third kappa shape index (κ3) is 3.51. The number of rotatable bonds is 3. The van der Waals surface area contributed by atoms with E-state index in [0.29, 0.717) is 36.7 Å². The molecule has 2 N–H and O–H groups in total. The number of nitrogens with zero attached hydrogens (tertiary/aromatic N) is 1. The van der Waals surface area contributed by atoms with E-state index in [2.05, 4.69) is 6.92 Å². The number of hydrogen-bond acceptors (Lipinski definition) is 2. The summed E-state index contributed by atoms with van der Waals surface area (Å²) in [6.07, 6.45) is -1.85. The fourth-order valence-corrected chi connectivity index (χ4v) is 3.06. The predicted octanol–water partition coefficient (Wildman–Crippen LogP) is 3.83. The lowest BCUT2D eigenvalue weighted by Crippen LogP contribution is -2.43. The Kier molecular flexibility index (Phi) is 4.81. The SMILES string of the molecule is CC1CCCN(c2ccc(CCN)cc2C(F)(F)F)C1C. The molecule has 0 amide bonds.